The fourth-order valence-electron chi connectivity index (χ4n) is 1.50. The van der Waals surface area contributed by atoms with Crippen LogP contribution in [0.1, 0.15) is 32.1 Å². The molecule has 0 spiro atoms. The van der Waals surface area contributed by atoms with Gasteiger partial charge in [-0.25, -0.2) is 0 Å². The summed E-state index contributed by atoms with van der Waals surface area (Å²) in [5, 5.41) is 3.48. The standard InChI is InChI=1S/C12H21BrN2S/c1-9(14)6-7-15-8-12(2,3)10-4-5-11(13)16-10/h4-5,9,15H,6-8,14H2,1-3H3. The SMILES string of the molecule is CC(N)CCNCC(C)(C)c1ccc(Br)s1. The van der Waals surface area contributed by atoms with Crippen molar-refractivity contribution in [3.63, 3.8) is 0 Å². The summed E-state index contributed by atoms with van der Waals surface area (Å²) in [5.74, 6) is 0. The zero-order valence-corrected chi connectivity index (χ0v) is 12.6. The Hall–Kier alpha value is 0.1000. The summed E-state index contributed by atoms with van der Waals surface area (Å²) in [6, 6.07) is 4.59. The Balaban J connectivity index is 2.40. The van der Waals surface area contributed by atoms with Crippen molar-refractivity contribution < 1.29 is 0 Å². The molecule has 0 aliphatic carbocycles. The molecule has 0 radical (unpaired) electrons. The van der Waals surface area contributed by atoms with Crippen molar-refractivity contribution >= 4 is 27.3 Å². The van der Waals surface area contributed by atoms with Crippen LogP contribution >= 0.6 is 27.3 Å². The van der Waals surface area contributed by atoms with Crippen LogP contribution in [0.15, 0.2) is 15.9 Å². The Morgan fingerprint density at radius 3 is 2.69 bits per heavy atom. The fourth-order valence-corrected chi connectivity index (χ4v) is 2.98. The van der Waals surface area contributed by atoms with Crippen LogP contribution in [0.25, 0.3) is 0 Å². The highest BCUT2D eigenvalue weighted by Gasteiger charge is 2.21. The summed E-state index contributed by atoms with van der Waals surface area (Å²) in [6.45, 7) is 8.57. The second-order valence-corrected chi connectivity index (χ2v) is 7.39. The summed E-state index contributed by atoms with van der Waals surface area (Å²) in [6.07, 6.45) is 1.03. The maximum Gasteiger partial charge on any atom is 0.0701 e. The van der Waals surface area contributed by atoms with Crippen molar-refractivity contribution in [2.45, 2.75) is 38.6 Å². The lowest BCUT2D eigenvalue weighted by atomic mass is 9.91. The first-order valence-corrected chi connectivity index (χ1v) is 7.25. The minimum Gasteiger partial charge on any atom is -0.328 e. The van der Waals surface area contributed by atoms with Crippen molar-refractivity contribution in [1.29, 1.82) is 0 Å². The van der Waals surface area contributed by atoms with Gasteiger partial charge >= 0.3 is 0 Å². The lowest BCUT2D eigenvalue weighted by Crippen LogP contribution is -2.34. The van der Waals surface area contributed by atoms with Gasteiger partial charge in [-0.05, 0) is 48.0 Å². The van der Waals surface area contributed by atoms with Crippen LogP contribution in [0.5, 0.6) is 0 Å². The second-order valence-electron chi connectivity index (χ2n) is 4.93. The topological polar surface area (TPSA) is 38.0 Å². The van der Waals surface area contributed by atoms with E-state index in [4.69, 9.17) is 5.73 Å². The van der Waals surface area contributed by atoms with E-state index in [2.05, 4.69) is 47.2 Å². The Labute approximate surface area is 111 Å². The second kappa shape index (κ2) is 6.15. The number of nitrogens with two attached hydrogens (primary N) is 1. The molecular weight excluding hydrogens is 284 g/mol. The third-order valence-electron chi connectivity index (χ3n) is 2.58. The van der Waals surface area contributed by atoms with Crippen LogP contribution in [0.4, 0.5) is 0 Å². The van der Waals surface area contributed by atoms with Gasteiger partial charge in [0.05, 0.1) is 3.79 Å². The molecule has 0 bridgehead atoms. The van der Waals surface area contributed by atoms with E-state index in [0.29, 0.717) is 0 Å². The molecule has 1 unspecified atom stereocenters. The van der Waals surface area contributed by atoms with E-state index in [-0.39, 0.29) is 11.5 Å². The van der Waals surface area contributed by atoms with E-state index in [1.54, 1.807) is 0 Å². The lowest BCUT2D eigenvalue weighted by molar-refractivity contribution is 0.465. The predicted octanol–water partition coefficient (Wildman–Crippen LogP) is 3.12. The van der Waals surface area contributed by atoms with Crippen molar-refractivity contribution in [2.24, 2.45) is 5.73 Å². The Morgan fingerprint density at radius 1 is 1.50 bits per heavy atom. The lowest BCUT2D eigenvalue weighted by Gasteiger charge is -2.24. The van der Waals surface area contributed by atoms with Crippen LogP contribution in [0.2, 0.25) is 0 Å². The first-order valence-electron chi connectivity index (χ1n) is 5.64. The molecule has 1 aromatic rings. The van der Waals surface area contributed by atoms with Gasteiger partial charge in [-0.2, -0.15) is 0 Å². The molecule has 0 saturated heterocycles. The first kappa shape index (κ1) is 14.2. The monoisotopic (exact) mass is 304 g/mol. The third-order valence-corrected chi connectivity index (χ3v) is 4.57. The van der Waals surface area contributed by atoms with Gasteiger partial charge < -0.3 is 11.1 Å². The van der Waals surface area contributed by atoms with Gasteiger partial charge in [0, 0.05) is 22.9 Å². The highest BCUT2D eigenvalue weighted by atomic mass is 79.9. The van der Waals surface area contributed by atoms with E-state index in [1.807, 2.05) is 18.3 Å². The molecule has 1 atom stereocenters. The molecule has 1 aromatic heterocycles. The maximum atomic E-state index is 5.71. The van der Waals surface area contributed by atoms with Crippen molar-refractivity contribution in [1.82, 2.24) is 5.32 Å². The minimum absolute atomic E-state index is 0.189. The van der Waals surface area contributed by atoms with E-state index < -0.39 is 0 Å². The van der Waals surface area contributed by atoms with Crippen LogP contribution in [-0.2, 0) is 5.41 Å². The Morgan fingerprint density at radius 2 is 2.19 bits per heavy atom. The van der Waals surface area contributed by atoms with Crippen LogP contribution < -0.4 is 11.1 Å². The Bertz CT molecular complexity index is 321. The molecule has 0 saturated carbocycles. The first-order chi connectivity index (χ1) is 7.42. The summed E-state index contributed by atoms with van der Waals surface area (Å²) in [4.78, 5) is 1.41. The summed E-state index contributed by atoms with van der Waals surface area (Å²) in [5.41, 5.74) is 5.90. The molecule has 0 aromatic carbocycles. The van der Waals surface area contributed by atoms with Gasteiger partial charge in [0.15, 0.2) is 0 Å². The Kier molecular flexibility index (Phi) is 5.44. The zero-order valence-electron chi connectivity index (χ0n) is 10.2. The zero-order chi connectivity index (χ0) is 12.2. The largest absolute Gasteiger partial charge is 0.328 e. The quantitative estimate of drug-likeness (QED) is 0.793. The van der Waals surface area contributed by atoms with Crippen LogP contribution in [0, 0.1) is 0 Å². The van der Waals surface area contributed by atoms with Crippen molar-refractivity contribution in [3.05, 3.63) is 20.8 Å². The molecule has 1 heterocycles. The molecule has 92 valence electrons. The summed E-state index contributed by atoms with van der Waals surface area (Å²) in [7, 11) is 0. The van der Waals surface area contributed by atoms with Gasteiger partial charge in [-0.1, -0.05) is 13.8 Å². The number of nitrogens with one attached hydrogen (secondary N) is 1. The molecule has 0 fully saturated rings. The average Bonchev–Trinajstić information content (AvgIpc) is 2.60. The molecule has 2 nitrogen and oxygen atoms in total. The maximum absolute atomic E-state index is 5.71. The summed E-state index contributed by atoms with van der Waals surface area (Å²) < 4.78 is 1.20. The molecule has 0 aliphatic rings. The minimum atomic E-state index is 0.189. The van der Waals surface area contributed by atoms with Crippen molar-refractivity contribution in [3.8, 4) is 0 Å². The van der Waals surface area contributed by atoms with Gasteiger partial charge in [-0.3, -0.25) is 0 Å². The molecule has 1 rings (SSSR count). The summed E-state index contributed by atoms with van der Waals surface area (Å²) >= 11 is 5.32. The van der Waals surface area contributed by atoms with Crippen LogP contribution in [-0.4, -0.2) is 19.1 Å². The highest BCUT2D eigenvalue weighted by Crippen LogP contribution is 2.32. The average molecular weight is 305 g/mol. The van der Waals surface area contributed by atoms with Gasteiger partial charge in [0.25, 0.3) is 0 Å². The molecule has 4 heteroatoms. The number of hydrogen-bond acceptors (Lipinski definition) is 3. The van der Waals surface area contributed by atoms with E-state index in [1.165, 1.54) is 8.66 Å². The molecule has 0 aliphatic heterocycles. The van der Waals surface area contributed by atoms with Gasteiger partial charge in [0.1, 0.15) is 0 Å². The third kappa shape index (κ3) is 4.53. The molecule has 16 heavy (non-hydrogen) atoms. The number of rotatable bonds is 6. The molecule has 3 N–H and O–H groups in total. The number of halogens is 1. The fraction of sp³-hybridized carbons (Fsp3) is 0.667. The smallest absolute Gasteiger partial charge is 0.0701 e. The van der Waals surface area contributed by atoms with Gasteiger partial charge in [0.2, 0.25) is 0 Å². The van der Waals surface area contributed by atoms with Gasteiger partial charge in [-0.15, -0.1) is 11.3 Å². The van der Waals surface area contributed by atoms with Crippen molar-refractivity contribution in [2.75, 3.05) is 13.1 Å². The van der Waals surface area contributed by atoms with Crippen LogP contribution in [0.3, 0.4) is 0 Å². The predicted molar refractivity (Wildman–Crippen MR) is 76.2 cm³/mol. The number of thiophene rings is 1. The molecular formula is C12H21BrN2S. The van der Waals surface area contributed by atoms with E-state index in [9.17, 15) is 0 Å². The number of hydrogen-bond donors (Lipinski definition) is 2. The highest BCUT2D eigenvalue weighted by molar-refractivity contribution is 9.11. The van der Waals surface area contributed by atoms with E-state index in [0.717, 1.165) is 19.5 Å². The normalized spacial score (nSPS) is 14.1. The molecule has 0 amide bonds. The van der Waals surface area contributed by atoms with E-state index >= 15 is 0 Å².